The lowest BCUT2D eigenvalue weighted by molar-refractivity contribution is 0.00416. The summed E-state index contributed by atoms with van der Waals surface area (Å²) in [6.07, 6.45) is -1.48. The number of ether oxygens (including phenoxy) is 1. The first-order valence-electron chi connectivity index (χ1n) is 5.83. The van der Waals surface area contributed by atoms with Crippen molar-refractivity contribution in [2.24, 2.45) is 0 Å². The molecule has 0 aromatic heterocycles. The van der Waals surface area contributed by atoms with Gasteiger partial charge >= 0.3 is 0 Å². The van der Waals surface area contributed by atoms with E-state index in [0.717, 1.165) is 0 Å². The molecule has 0 amide bonds. The molecule has 0 saturated heterocycles. The van der Waals surface area contributed by atoms with Crippen LogP contribution in [0.25, 0.3) is 0 Å². The van der Waals surface area contributed by atoms with Crippen LogP contribution in [-0.4, -0.2) is 40.9 Å². The van der Waals surface area contributed by atoms with Crippen LogP contribution in [0.3, 0.4) is 0 Å². The predicted molar refractivity (Wildman–Crippen MR) is 65.7 cm³/mol. The summed E-state index contributed by atoms with van der Waals surface area (Å²) >= 11 is 0. The molecule has 5 nitrogen and oxygen atoms in total. The smallest absolute Gasteiger partial charge is 0.153 e. The maximum absolute atomic E-state index is 10.9. The van der Waals surface area contributed by atoms with Crippen molar-refractivity contribution in [2.75, 3.05) is 13.2 Å². The van der Waals surface area contributed by atoms with E-state index >= 15 is 0 Å². The number of hydrogen-bond donors (Lipinski definition) is 3. The summed E-state index contributed by atoms with van der Waals surface area (Å²) in [5.41, 5.74) is 0.742. The van der Waals surface area contributed by atoms with E-state index in [0.29, 0.717) is 29.8 Å². The molecular weight excluding hydrogens is 236 g/mol. The Morgan fingerprint density at radius 3 is 2.67 bits per heavy atom. The van der Waals surface area contributed by atoms with Crippen LogP contribution >= 0.6 is 0 Å². The Kier molecular flexibility index (Phi) is 5.77. The minimum Gasteiger partial charge on any atom is -0.493 e. The molecule has 2 unspecified atom stereocenters. The first kappa shape index (κ1) is 14.6. The fourth-order valence-electron chi connectivity index (χ4n) is 1.64. The molecule has 3 N–H and O–H groups in total. The molecule has 18 heavy (non-hydrogen) atoms. The molecule has 0 radical (unpaired) electrons. The van der Waals surface area contributed by atoms with Crippen LogP contribution in [0.2, 0.25) is 0 Å². The molecule has 1 rings (SSSR count). The van der Waals surface area contributed by atoms with Crippen LogP contribution in [0.4, 0.5) is 0 Å². The summed E-state index contributed by atoms with van der Waals surface area (Å²) in [6, 6.07) is 4.64. The topological polar surface area (TPSA) is 87.0 Å². The van der Waals surface area contributed by atoms with Crippen molar-refractivity contribution >= 4 is 6.29 Å². The van der Waals surface area contributed by atoms with E-state index < -0.39 is 12.2 Å². The average Bonchev–Trinajstić information content (AvgIpc) is 2.39. The number of rotatable bonds is 7. The Balaban J connectivity index is 2.93. The average molecular weight is 254 g/mol. The molecule has 5 heteroatoms. The lowest BCUT2D eigenvalue weighted by Gasteiger charge is -2.18. The fourth-order valence-corrected chi connectivity index (χ4v) is 1.64. The van der Waals surface area contributed by atoms with Gasteiger partial charge in [-0.2, -0.15) is 0 Å². The van der Waals surface area contributed by atoms with Gasteiger partial charge in [0.25, 0.3) is 0 Å². The molecule has 0 aliphatic heterocycles. The van der Waals surface area contributed by atoms with E-state index in [-0.39, 0.29) is 13.0 Å². The number of hydrogen-bond acceptors (Lipinski definition) is 5. The van der Waals surface area contributed by atoms with Gasteiger partial charge < -0.3 is 20.1 Å². The summed E-state index contributed by atoms with van der Waals surface area (Å²) < 4.78 is 5.26. The molecule has 1 aromatic carbocycles. The van der Waals surface area contributed by atoms with Gasteiger partial charge in [0.2, 0.25) is 0 Å². The third-order valence-electron chi connectivity index (χ3n) is 2.59. The van der Waals surface area contributed by atoms with Gasteiger partial charge in [0, 0.05) is 6.61 Å². The van der Waals surface area contributed by atoms with Crippen LogP contribution in [0.1, 0.15) is 35.4 Å². The van der Waals surface area contributed by atoms with E-state index in [1.807, 2.05) is 6.92 Å². The maximum atomic E-state index is 10.9. The Bertz CT molecular complexity index is 391. The Hall–Kier alpha value is -1.43. The monoisotopic (exact) mass is 254 g/mol. The molecule has 2 atom stereocenters. The van der Waals surface area contributed by atoms with Crippen LogP contribution in [0.15, 0.2) is 18.2 Å². The van der Waals surface area contributed by atoms with Crippen molar-refractivity contribution in [3.05, 3.63) is 29.3 Å². The second kappa shape index (κ2) is 7.10. The van der Waals surface area contributed by atoms with Crippen LogP contribution in [0.5, 0.6) is 5.75 Å². The molecule has 0 bridgehead atoms. The molecule has 0 aliphatic carbocycles. The first-order valence-corrected chi connectivity index (χ1v) is 5.83. The minimum absolute atomic E-state index is 0.0742. The molecule has 0 fully saturated rings. The minimum atomic E-state index is -1.13. The number of benzene rings is 1. The van der Waals surface area contributed by atoms with Crippen molar-refractivity contribution in [1.82, 2.24) is 0 Å². The fraction of sp³-hybridized carbons (Fsp3) is 0.462. The van der Waals surface area contributed by atoms with Crippen molar-refractivity contribution in [2.45, 2.75) is 25.6 Å². The lowest BCUT2D eigenvalue weighted by atomic mass is 10.00. The van der Waals surface area contributed by atoms with Gasteiger partial charge in [-0.05, 0) is 31.0 Å². The number of aliphatic hydroxyl groups is 3. The number of carbonyl (C=O) groups excluding carboxylic acids is 1. The second-order valence-corrected chi connectivity index (χ2v) is 3.87. The van der Waals surface area contributed by atoms with Gasteiger partial charge in [0.05, 0.1) is 18.3 Å². The molecular formula is C13H18O5. The summed E-state index contributed by atoms with van der Waals surface area (Å²) in [6.45, 7) is 2.04. The Labute approximate surface area is 106 Å². The standard InChI is InChI=1S/C13H18O5/c1-2-18-12-4-3-9(7-10(12)8-15)13(17)11(16)5-6-14/h3-4,7-8,11,13-14,16-17H,2,5-6H2,1H3. The molecule has 0 saturated carbocycles. The van der Waals surface area contributed by atoms with Gasteiger partial charge in [-0.25, -0.2) is 0 Å². The highest BCUT2D eigenvalue weighted by Crippen LogP contribution is 2.25. The zero-order valence-corrected chi connectivity index (χ0v) is 10.2. The lowest BCUT2D eigenvalue weighted by Crippen LogP contribution is -2.19. The van der Waals surface area contributed by atoms with Crippen molar-refractivity contribution in [3.8, 4) is 5.75 Å². The third-order valence-corrected chi connectivity index (χ3v) is 2.59. The van der Waals surface area contributed by atoms with E-state index in [1.54, 1.807) is 12.1 Å². The van der Waals surface area contributed by atoms with Crippen LogP contribution < -0.4 is 4.74 Å². The van der Waals surface area contributed by atoms with Crippen molar-refractivity contribution in [3.63, 3.8) is 0 Å². The molecule has 0 aliphatic rings. The maximum Gasteiger partial charge on any atom is 0.153 e. The van der Waals surface area contributed by atoms with Gasteiger partial charge in [-0.3, -0.25) is 4.79 Å². The molecule has 0 spiro atoms. The first-order chi connectivity index (χ1) is 8.63. The summed E-state index contributed by atoms with van der Waals surface area (Å²) in [5.74, 6) is 0.445. The van der Waals surface area contributed by atoms with Gasteiger partial charge in [-0.1, -0.05) is 6.07 Å². The second-order valence-electron chi connectivity index (χ2n) is 3.87. The number of carbonyl (C=O) groups is 1. The largest absolute Gasteiger partial charge is 0.493 e. The molecule has 0 heterocycles. The number of aldehydes is 1. The molecule has 1 aromatic rings. The van der Waals surface area contributed by atoms with E-state index in [2.05, 4.69) is 0 Å². The van der Waals surface area contributed by atoms with Crippen LogP contribution in [0, 0.1) is 0 Å². The Morgan fingerprint density at radius 1 is 1.39 bits per heavy atom. The van der Waals surface area contributed by atoms with Crippen LogP contribution in [-0.2, 0) is 0 Å². The SMILES string of the molecule is CCOc1ccc(C(O)C(O)CCO)cc1C=O. The highest BCUT2D eigenvalue weighted by molar-refractivity contribution is 5.79. The highest BCUT2D eigenvalue weighted by atomic mass is 16.5. The zero-order chi connectivity index (χ0) is 13.5. The Morgan fingerprint density at radius 2 is 2.11 bits per heavy atom. The summed E-state index contributed by atoms with van der Waals surface area (Å²) in [4.78, 5) is 10.9. The van der Waals surface area contributed by atoms with E-state index in [4.69, 9.17) is 9.84 Å². The van der Waals surface area contributed by atoms with Gasteiger partial charge in [-0.15, -0.1) is 0 Å². The predicted octanol–water partition coefficient (Wildman–Crippen LogP) is 0.674. The quantitative estimate of drug-likeness (QED) is 0.623. The normalized spacial score (nSPS) is 14.0. The van der Waals surface area contributed by atoms with Crippen molar-refractivity contribution in [1.29, 1.82) is 0 Å². The third kappa shape index (κ3) is 3.53. The van der Waals surface area contributed by atoms with Gasteiger partial charge in [0.15, 0.2) is 6.29 Å². The summed E-state index contributed by atoms with van der Waals surface area (Å²) in [5, 5.41) is 28.1. The highest BCUT2D eigenvalue weighted by Gasteiger charge is 2.19. The van der Waals surface area contributed by atoms with E-state index in [1.165, 1.54) is 6.07 Å². The van der Waals surface area contributed by atoms with E-state index in [9.17, 15) is 15.0 Å². The zero-order valence-electron chi connectivity index (χ0n) is 10.2. The van der Waals surface area contributed by atoms with Crippen molar-refractivity contribution < 1.29 is 24.9 Å². The van der Waals surface area contributed by atoms with Gasteiger partial charge in [0.1, 0.15) is 11.9 Å². The number of aliphatic hydroxyl groups excluding tert-OH is 3. The summed E-state index contributed by atoms with van der Waals surface area (Å²) in [7, 11) is 0. The molecule has 100 valence electrons.